The molecule has 1 amide bonds. The lowest BCUT2D eigenvalue weighted by Crippen LogP contribution is -2.29. The SMILES string of the molecule is O=C(NC[C@H](O)c1ccccc1F)c1n[nH]c2c1CCCC2. The summed E-state index contributed by atoms with van der Waals surface area (Å²) in [4.78, 5) is 12.2. The van der Waals surface area contributed by atoms with E-state index in [0.29, 0.717) is 5.69 Å². The first-order valence-corrected chi connectivity index (χ1v) is 7.43. The Kier molecular flexibility index (Phi) is 4.20. The van der Waals surface area contributed by atoms with E-state index in [1.54, 1.807) is 12.1 Å². The van der Waals surface area contributed by atoms with Crippen LogP contribution >= 0.6 is 0 Å². The number of nitrogens with one attached hydrogen (secondary N) is 2. The van der Waals surface area contributed by atoms with E-state index >= 15 is 0 Å². The summed E-state index contributed by atoms with van der Waals surface area (Å²) in [5, 5.41) is 19.6. The fraction of sp³-hybridized carbons (Fsp3) is 0.375. The van der Waals surface area contributed by atoms with Gasteiger partial charge in [0.2, 0.25) is 0 Å². The fourth-order valence-electron chi connectivity index (χ4n) is 2.80. The average molecular weight is 303 g/mol. The number of H-pyrrole nitrogens is 1. The number of carbonyl (C=O) groups excluding carboxylic acids is 1. The van der Waals surface area contributed by atoms with Gasteiger partial charge < -0.3 is 10.4 Å². The van der Waals surface area contributed by atoms with Crippen LogP contribution in [0.2, 0.25) is 0 Å². The number of aliphatic hydroxyl groups excluding tert-OH is 1. The molecule has 2 aromatic rings. The normalized spacial score (nSPS) is 15.2. The highest BCUT2D eigenvalue weighted by Gasteiger charge is 2.22. The highest BCUT2D eigenvalue weighted by molar-refractivity contribution is 5.94. The van der Waals surface area contributed by atoms with Crippen LogP contribution in [0.1, 0.15) is 46.3 Å². The van der Waals surface area contributed by atoms with E-state index in [1.165, 1.54) is 12.1 Å². The molecule has 6 heteroatoms. The summed E-state index contributed by atoms with van der Waals surface area (Å²) in [5.41, 5.74) is 2.54. The molecule has 5 nitrogen and oxygen atoms in total. The van der Waals surface area contributed by atoms with Gasteiger partial charge >= 0.3 is 0 Å². The number of halogens is 1. The number of benzene rings is 1. The Hall–Kier alpha value is -2.21. The maximum Gasteiger partial charge on any atom is 0.272 e. The van der Waals surface area contributed by atoms with Crippen LogP contribution in [0.4, 0.5) is 4.39 Å². The van der Waals surface area contributed by atoms with E-state index in [1.807, 2.05) is 0 Å². The molecule has 1 aromatic heterocycles. The van der Waals surface area contributed by atoms with Crippen molar-refractivity contribution >= 4 is 5.91 Å². The number of carbonyl (C=O) groups is 1. The quantitative estimate of drug-likeness (QED) is 0.807. The topological polar surface area (TPSA) is 78.0 Å². The van der Waals surface area contributed by atoms with Gasteiger partial charge in [0.25, 0.3) is 5.91 Å². The molecule has 3 N–H and O–H groups in total. The molecule has 0 spiro atoms. The van der Waals surface area contributed by atoms with Crippen molar-refractivity contribution in [2.45, 2.75) is 31.8 Å². The zero-order valence-electron chi connectivity index (χ0n) is 12.1. The number of amides is 1. The molecule has 1 heterocycles. The first-order valence-electron chi connectivity index (χ1n) is 7.43. The molecule has 1 aliphatic carbocycles. The van der Waals surface area contributed by atoms with Crippen LogP contribution in [0.25, 0.3) is 0 Å². The van der Waals surface area contributed by atoms with Crippen LogP contribution in [0.3, 0.4) is 0 Å². The summed E-state index contributed by atoms with van der Waals surface area (Å²) < 4.78 is 13.6. The minimum absolute atomic E-state index is 0.0542. The second-order valence-electron chi connectivity index (χ2n) is 5.48. The average Bonchev–Trinajstić information content (AvgIpc) is 2.97. The van der Waals surface area contributed by atoms with Crippen LogP contribution in [0, 0.1) is 5.82 Å². The van der Waals surface area contributed by atoms with Crippen molar-refractivity contribution in [2.24, 2.45) is 0 Å². The summed E-state index contributed by atoms with van der Waals surface area (Å²) in [6, 6.07) is 5.99. The van der Waals surface area contributed by atoms with Gasteiger partial charge in [-0.05, 0) is 31.7 Å². The number of rotatable bonds is 4. The number of aromatic amines is 1. The number of nitrogens with zero attached hydrogens (tertiary/aromatic N) is 1. The van der Waals surface area contributed by atoms with Crippen molar-refractivity contribution in [1.82, 2.24) is 15.5 Å². The van der Waals surface area contributed by atoms with E-state index < -0.39 is 11.9 Å². The summed E-state index contributed by atoms with van der Waals surface area (Å²) >= 11 is 0. The third kappa shape index (κ3) is 2.87. The van der Waals surface area contributed by atoms with Crippen LogP contribution < -0.4 is 5.32 Å². The van der Waals surface area contributed by atoms with Gasteiger partial charge in [0.15, 0.2) is 5.69 Å². The van der Waals surface area contributed by atoms with E-state index in [9.17, 15) is 14.3 Å². The number of fused-ring (bicyclic) bond motifs is 1. The van der Waals surface area contributed by atoms with Gasteiger partial charge in [0.05, 0.1) is 6.10 Å². The molecular formula is C16H18FN3O2. The van der Waals surface area contributed by atoms with Crippen LogP contribution in [0.15, 0.2) is 24.3 Å². The number of aromatic nitrogens is 2. The number of hydrogen-bond acceptors (Lipinski definition) is 3. The Labute approximate surface area is 127 Å². The highest BCUT2D eigenvalue weighted by Crippen LogP contribution is 2.22. The highest BCUT2D eigenvalue weighted by atomic mass is 19.1. The first kappa shape index (κ1) is 14.7. The minimum atomic E-state index is -1.08. The molecule has 0 unspecified atom stereocenters. The predicted molar refractivity (Wildman–Crippen MR) is 78.9 cm³/mol. The summed E-state index contributed by atoms with van der Waals surface area (Å²) in [6.45, 7) is -0.0542. The second kappa shape index (κ2) is 6.27. The molecule has 0 aliphatic heterocycles. The molecule has 116 valence electrons. The fourth-order valence-corrected chi connectivity index (χ4v) is 2.80. The van der Waals surface area contributed by atoms with Gasteiger partial charge in [0, 0.05) is 23.4 Å². The summed E-state index contributed by atoms with van der Waals surface area (Å²) in [7, 11) is 0. The largest absolute Gasteiger partial charge is 0.386 e. The molecule has 0 fully saturated rings. The van der Waals surface area contributed by atoms with Crippen LogP contribution in [-0.4, -0.2) is 27.8 Å². The van der Waals surface area contributed by atoms with E-state index in [0.717, 1.165) is 36.9 Å². The molecule has 1 atom stereocenters. The van der Waals surface area contributed by atoms with E-state index in [2.05, 4.69) is 15.5 Å². The van der Waals surface area contributed by atoms with Crippen molar-refractivity contribution in [3.63, 3.8) is 0 Å². The van der Waals surface area contributed by atoms with Crippen molar-refractivity contribution < 1.29 is 14.3 Å². The second-order valence-corrected chi connectivity index (χ2v) is 5.48. The molecule has 0 saturated heterocycles. The zero-order valence-corrected chi connectivity index (χ0v) is 12.1. The molecule has 0 radical (unpaired) electrons. The lowest BCUT2D eigenvalue weighted by Gasteiger charge is -2.14. The Morgan fingerprint density at radius 1 is 1.36 bits per heavy atom. The van der Waals surface area contributed by atoms with Gasteiger partial charge in [0.1, 0.15) is 5.82 Å². The maximum atomic E-state index is 13.6. The Morgan fingerprint density at radius 2 is 2.14 bits per heavy atom. The number of aryl methyl sites for hydroxylation is 1. The van der Waals surface area contributed by atoms with Gasteiger partial charge in [-0.25, -0.2) is 4.39 Å². The molecule has 3 rings (SSSR count). The van der Waals surface area contributed by atoms with Crippen LogP contribution in [-0.2, 0) is 12.8 Å². The molecule has 0 bridgehead atoms. The number of hydrogen-bond donors (Lipinski definition) is 3. The first-order chi connectivity index (χ1) is 10.7. The van der Waals surface area contributed by atoms with Crippen molar-refractivity contribution in [3.8, 4) is 0 Å². The number of aliphatic hydroxyl groups is 1. The van der Waals surface area contributed by atoms with E-state index in [-0.39, 0.29) is 18.0 Å². The van der Waals surface area contributed by atoms with Crippen LogP contribution in [0.5, 0.6) is 0 Å². The lowest BCUT2D eigenvalue weighted by atomic mass is 9.96. The van der Waals surface area contributed by atoms with Crippen molar-refractivity contribution in [3.05, 3.63) is 52.6 Å². The van der Waals surface area contributed by atoms with Gasteiger partial charge in [-0.1, -0.05) is 18.2 Å². The van der Waals surface area contributed by atoms with E-state index in [4.69, 9.17) is 0 Å². The third-order valence-corrected chi connectivity index (χ3v) is 3.99. The predicted octanol–water partition coefficient (Wildman–Crippen LogP) is 1.89. The van der Waals surface area contributed by atoms with Crippen molar-refractivity contribution in [1.29, 1.82) is 0 Å². The monoisotopic (exact) mass is 303 g/mol. The Bertz CT molecular complexity index is 684. The minimum Gasteiger partial charge on any atom is -0.386 e. The molecule has 22 heavy (non-hydrogen) atoms. The Balaban J connectivity index is 1.65. The molecule has 0 saturated carbocycles. The van der Waals surface area contributed by atoms with Gasteiger partial charge in [-0.2, -0.15) is 5.10 Å². The Morgan fingerprint density at radius 3 is 2.95 bits per heavy atom. The third-order valence-electron chi connectivity index (χ3n) is 3.99. The smallest absolute Gasteiger partial charge is 0.272 e. The molecule has 1 aromatic carbocycles. The van der Waals surface area contributed by atoms with Gasteiger partial charge in [-0.3, -0.25) is 9.89 Å². The zero-order chi connectivity index (χ0) is 15.5. The molecular weight excluding hydrogens is 285 g/mol. The standard InChI is InChI=1S/C16H18FN3O2/c17-12-7-3-1-5-10(12)14(21)9-18-16(22)15-11-6-2-4-8-13(11)19-20-15/h1,3,5,7,14,21H,2,4,6,8-9H2,(H,18,22)(H,19,20)/t14-/m0/s1. The lowest BCUT2D eigenvalue weighted by molar-refractivity contribution is 0.0908. The summed E-state index contributed by atoms with van der Waals surface area (Å²) in [5.74, 6) is -0.823. The van der Waals surface area contributed by atoms with Gasteiger partial charge in [-0.15, -0.1) is 0 Å². The summed E-state index contributed by atoms with van der Waals surface area (Å²) in [6.07, 6.45) is 2.81. The maximum absolute atomic E-state index is 13.6. The molecule has 1 aliphatic rings. The van der Waals surface area contributed by atoms with Crippen molar-refractivity contribution in [2.75, 3.05) is 6.54 Å².